The second-order valence-corrected chi connectivity index (χ2v) is 3.84. The van der Waals surface area contributed by atoms with Crippen LogP contribution < -0.4 is 0 Å². The fraction of sp³-hybridized carbons (Fsp3) is 0.667. The molecule has 0 unspecified atom stereocenters. The predicted octanol–water partition coefficient (Wildman–Crippen LogP) is 2.35. The largest absolute Gasteiger partial charge is 0.453 e. The van der Waals surface area contributed by atoms with Gasteiger partial charge in [-0.25, -0.2) is 4.79 Å². The van der Waals surface area contributed by atoms with E-state index in [0.29, 0.717) is 19.9 Å². The molecule has 3 nitrogen and oxygen atoms in total. The second-order valence-electron chi connectivity index (χ2n) is 3.84. The van der Waals surface area contributed by atoms with Crippen molar-refractivity contribution in [3.05, 3.63) is 12.7 Å². The number of ether oxygens (including phenoxy) is 1. The van der Waals surface area contributed by atoms with Crippen LogP contribution in [0.2, 0.25) is 0 Å². The van der Waals surface area contributed by atoms with Crippen molar-refractivity contribution in [2.75, 3.05) is 0 Å². The lowest BCUT2D eigenvalue weighted by molar-refractivity contribution is -0.407. The third-order valence-electron chi connectivity index (χ3n) is 2.21. The van der Waals surface area contributed by atoms with E-state index in [4.69, 9.17) is 5.11 Å². The Morgan fingerprint density at radius 3 is 1.67 bits per heavy atom. The quantitative estimate of drug-likeness (QED) is 0.490. The third kappa shape index (κ3) is 2.60. The van der Waals surface area contributed by atoms with Gasteiger partial charge in [0.1, 0.15) is 0 Å². The lowest BCUT2D eigenvalue weighted by atomic mass is 9.84. The molecular weight excluding hydrogens is 270 g/mol. The van der Waals surface area contributed by atoms with Crippen LogP contribution in [0, 0.1) is 0 Å². The van der Waals surface area contributed by atoms with Gasteiger partial charge in [-0.3, -0.25) is 0 Å². The van der Waals surface area contributed by atoms with Crippen LogP contribution in [-0.2, 0) is 9.53 Å². The summed E-state index contributed by atoms with van der Waals surface area (Å²) < 4.78 is 78.7. The first kappa shape index (κ1) is 16.8. The van der Waals surface area contributed by atoms with Gasteiger partial charge in [-0.05, 0) is 13.8 Å². The number of hydrogen-bond donors (Lipinski definition) is 1. The third-order valence-corrected chi connectivity index (χ3v) is 2.21. The van der Waals surface area contributed by atoms with E-state index in [1.54, 1.807) is 0 Å². The van der Waals surface area contributed by atoms with Crippen LogP contribution in [0.1, 0.15) is 13.8 Å². The Balaban J connectivity index is 5.75. The van der Waals surface area contributed by atoms with Crippen LogP contribution in [0.3, 0.4) is 0 Å². The van der Waals surface area contributed by atoms with Gasteiger partial charge in [0.05, 0.1) is 0 Å². The average molecular weight is 280 g/mol. The molecule has 0 amide bonds. The van der Waals surface area contributed by atoms with Gasteiger partial charge in [0.25, 0.3) is 5.60 Å². The summed E-state index contributed by atoms with van der Waals surface area (Å²) in [5, 5.41) is 8.99. The van der Waals surface area contributed by atoms with Crippen molar-refractivity contribution in [2.45, 2.75) is 37.4 Å². The summed E-state index contributed by atoms with van der Waals surface area (Å²) in [7, 11) is 0. The summed E-state index contributed by atoms with van der Waals surface area (Å²) in [6.07, 6.45) is -11.8. The summed E-state index contributed by atoms with van der Waals surface area (Å²) in [4.78, 5) is 10.7. The first-order valence-corrected chi connectivity index (χ1v) is 4.42. The fourth-order valence-electron chi connectivity index (χ4n) is 1.21. The molecule has 18 heavy (non-hydrogen) atoms. The normalized spacial score (nSPS) is 14.3. The number of aliphatic hydroxyl groups is 1. The zero-order valence-corrected chi connectivity index (χ0v) is 9.32. The number of carbonyl (C=O) groups is 1. The molecular formula is C9H10F6O3. The second kappa shape index (κ2) is 4.45. The Morgan fingerprint density at radius 1 is 1.11 bits per heavy atom. The van der Waals surface area contributed by atoms with E-state index in [9.17, 15) is 31.1 Å². The van der Waals surface area contributed by atoms with Crippen molar-refractivity contribution < 1.29 is 41.0 Å². The van der Waals surface area contributed by atoms with Gasteiger partial charge in [-0.1, -0.05) is 6.58 Å². The molecule has 0 saturated carbocycles. The van der Waals surface area contributed by atoms with Gasteiger partial charge in [-0.2, -0.15) is 26.3 Å². The zero-order chi connectivity index (χ0) is 15.0. The summed E-state index contributed by atoms with van der Waals surface area (Å²) in [5.41, 5.74) is -8.46. The predicted molar refractivity (Wildman–Crippen MR) is 47.4 cm³/mol. The monoisotopic (exact) mass is 280 g/mol. The fourth-order valence-corrected chi connectivity index (χ4v) is 1.21. The Kier molecular flexibility index (Phi) is 4.14. The van der Waals surface area contributed by atoms with E-state index in [-0.39, 0.29) is 0 Å². The van der Waals surface area contributed by atoms with Crippen molar-refractivity contribution in [3.8, 4) is 0 Å². The number of halogens is 6. The molecule has 1 N–H and O–H groups in total. The minimum absolute atomic E-state index is 0.301. The van der Waals surface area contributed by atoms with Crippen LogP contribution in [-0.4, -0.2) is 34.6 Å². The number of rotatable bonds is 3. The molecule has 0 rings (SSSR count). The molecule has 9 heteroatoms. The standard InChI is InChI=1S/C9H10F6O3/c1-4-5(16)18-6(2,3)7(17,8(10,11)12)9(13,14)15/h4,17H,1H2,2-3H3. The van der Waals surface area contributed by atoms with E-state index < -0.39 is 29.5 Å². The molecule has 0 saturated heterocycles. The molecule has 0 aliphatic heterocycles. The smallest absolute Gasteiger partial charge is 0.430 e. The van der Waals surface area contributed by atoms with Gasteiger partial charge in [-0.15, -0.1) is 0 Å². The highest BCUT2D eigenvalue weighted by molar-refractivity contribution is 5.81. The molecule has 0 radical (unpaired) electrons. The maximum atomic E-state index is 12.5. The van der Waals surface area contributed by atoms with Gasteiger partial charge in [0.15, 0.2) is 5.60 Å². The van der Waals surface area contributed by atoms with Crippen molar-refractivity contribution in [1.82, 2.24) is 0 Å². The van der Waals surface area contributed by atoms with E-state index in [1.165, 1.54) is 0 Å². The summed E-state index contributed by atoms with van der Waals surface area (Å²) in [6.45, 7) is 3.43. The Bertz CT molecular complexity index is 327. The lowest BCUT2D eigenvalue weighted by Crippen LogP contribution is -2.69. The first-order chi connectivity index (χ1) is 7.70. The molecule has 0 fully saturated rings. The maximum Gasteiger partial charge on any atom is 0.430 e. The summed E-state index contributed by atoms with van der Waals surface area (Å²) >= 11 is 0. The SMILES string of the molecule is C=CC(=O)OC(C)(C)C(O)(C(F)(F)F)C(F)(F)F. The van der Waals surface area contributed by atoms with Gasteiger partial charge in [0, 0.05) is 6.08 Å². The summed E-state index contributed by atoms with van der Waals surface area (Å²) in [5.74, 6) is -1.52. The maximum absolute atomic E-state index is 12.5. The highest BCUT2D eigenvalue weighted by atomic mass is 19.4. The molecule has 0 spiro atoms. The Labute approximate surface area is 98.0 Å². The van der Waals surface area contributed by atoms with Crippen LogP contribution in [0.5, 0.6) is 0 Å². The molecule has 106 valence electrons. The number of alkyl halides is 6. The van der Waals surface area contributed by atoms with Gasteiger partial charge in [0.2, 0.25) is 0 Å². The van der Waals surface area contributed by atoms with Crippen LogP contribution in [0.4, 0.5) is 26.3 Å². The number of carbonyl (C=O) groups excluding carboxylic acids is 1. The molecule has 0 aromatic rings. The van der Waals surface area contributed by atoms with Gasteiger partial charge >= 0.3 is 18.3 Å². The molecule has 0 aromatic heterocycles. The van der Waals surface area contributed by atoms with Crippen LogP contribution in [0.25, 0.3) is 0 Å². The molecule has 0 aromatic carbocycles. The minimum atomic E-state index is -6.07. The van der Waals surface area contributed by atoms with E-state index in [2.05, 4.69) is 11.3 Å². The Hall–Kier alpha value is -1.25. The van der Waals surface area contributed by atoms with E-state index in [1.807, 2.05) is 0 Å². The van der Waals surface area contributed by atoms with Crippen molar-refractivity contribution in [2.24, 2.45) is 0 Å². The molecule has 0 aliphatic rings. The summed E-state index contributed by atoms with van der Waals surface area (Å²) in [6, 6.07) is 0. The topological polar surface area (TPSA) is 46.5 Å². The van der Waals surface area contributed by atoms with Crippen LogP contribution in [0.15, 0.2) is 12.7 Å². The van der Waals surface area contributed by atoms with E-state index >= 15 is 0 Å². The average Bonchev–Trinajstić information content (AvgIpc) is 2.11. The first-order valence-electron chi connectivity index (χ1n) is 4.42. The number of hydrogen-bond acceptors (Lipinski definition) is 3. The Morgan fingerprint density at radius 2 is 1.44 bits per heavy atom. The lowest BCUT2D eigenvalue weighted by Gasteiger charge is -2.42. The van der Waals surface area contributed by atoms with Crippen LogP contribution >= 0.6 is 0 Å². The highest BCUT2D eigenvalue weighted by Crippen LogP contribution is 2.50. The molecule has 0 atom stereocenters. The minimum Gasteiger partial charge on any atom is -0.453 e. The molecule has 0 bridgehead atoms. The van der Waals surface area contributed by atoms with E-state index in [0.717, 1.165) is 0 Å². The highest BCUT2D eigenvalue weighted by Gasteiger charge is 2.78. The zero-order valence-electron chi connectivity index (χ0n) is 9.32. The molecule has 0 aliphatic carbocycles. The van der Waals surface area contributed by atoms with Crippen molar-refractivity contribution >= 4 is 5.97 Å². The van der Waals surface area contributed by atoms with Gasteiger partial charge < -0.3 is 9.84 Å². The van der Waals surface area contributed by atoms with Crippen molar-refractivity contribution in [1.29, 1.82) is 0 Å². The number of esters is 1. The van der Waals surface area contributed by atoms with Crippen molar-refractivity contribution in [3.63, 3.8) is 0 Å². The molecule has 0 heterocycles.